The second-order valence-corrected chi connectivity index (χ2v) is 2.26. The predicted octanol–water partition coefficient (Wildman–Crippen LogP) is 0.935. The fourth-order valence-corrected chi connectivity index (χ4v) is 1.11. The topological polar surface area (TPSA) is 86.3 Å². The van der Waals surface area contributed by atoms with Gasteiger partial charge in [-0.1, -0.05) is 0 Å². The summed E-state index contributed by atoms with van der Waals surface area (Å²) < 4.78 is 0. The van der Waals surface area contributed by atoms with Crippen molar-refractivity contribution in [1.82, 2.24) is 0 Å². The first kappa shape index (κ1) is 7.64. The van der Waals surface area contributed by atoms with Gasteiger partial charge in [-0.2, -0.15) is 0 Å². The van der Waals surface area contributed by atoms with E-state index in [-0.39, 0.29) is 24.2 Å². The SMILES string of the molecule is O=[N+]([O-])C1=C([N+](=O)[O-])CCC1. The third-order valence-corrected chi connectivity index (χ3v) is 1.60. The van der Waals surface area contributed by atoms with E-state index in [4.69, 9.17) is 0 Å². The zero-order valence-corrected chi connectivity index (χ0v) is 5.65. The summed E-state index contributed by atoms with van der Waals surface area (Å²) >= 11 is 0. The molecule has 0 amide bonds. The van der Waals surface area contributed by atoms with Crippen LogP contribution in [0.5, 0.6) is 0 Å². The van der Waals surface area contributed by atoms with Crippen molar-refractivity contribution in [2.24, 2.45) is 0 Å². The highest BCUT2D eigenvalue weighted by atomic mass is 16.6. The first-order chi connectivity index (χ1) is 5.13. The summed E-state index contributed by atoms with van der Waals surface area (Å²) in [4.78, 5) is 19.0. The molecule has 0 saturated heterocycles. The Morgan fingerprint density at radius 3 is 1.64 bits per heavy atom. The van der Waals surface area contributed by atoms with Crippen LogP contribution < -0.4 is 0 Å². The van der Waals surface area contributed by atoms with Gasteiger partial charge < -0.3 is 0 Å². The fraction of sp³-hybridized carbons (Fsp3) is 0.600. The van der Waals surface area contributed by atoms with Crippen molar-refractivity contribution in [2.75, 3.05) is 0 Å². The molecule has 0 aromatic carbocycles. The van der Waals surface area contributed by atoms with Crippen molar-refractivity contribution in [3.05, 3.63) is 31.6 Å². The molecule has 0 aromatic rings. The normalized spacial score (nSPS) is 17.1. The second-order valence-electron chi connectivity index (χ2n) is 2.26. The van der Waals surface area contributed by atoms with Crippen molar-refractivity contribution in [1.29, 1.82) is 0 Å². The number of rotatable bonds is 2. The lowest BCUT2D eigenvalue weighted by Gasteiger charge is -1.88. The molecule has 0 N–H and O–H groups in total. The van der Waals surface area contributed by atoms with Crippen LogP contribution in [-0.4, -0.2) is 9.85 Å². The van der Waals surface area contributed by atoms with Gasteiger partial charge in [-0.15, -0.1) is 0 Å². The maximum atomic E-state index is 10.2. The molecular weight excluding hydrogens is 152 g/mol. The van der Waals surface area contributed by atoms with Crippen LogP contribution in [0.1, 0.15) is 19.3 Å². The highest BCUT2D eigenvalue weighted by Crippen LogP contribution is 2.26. The monoisotopic (exact) mass is 158 g/mol. The number of nitro groups is 2. The molecule has 0 heterocycles. The van der Waals surface area contributed by atoms with Gasteiger partial charge in [0.25, 0.3) is 0 Å². The van der Waals surface area contributed by atoms with Crippen LogP contribution >= 0.6 is 0 Å². The van der Waals surface area contributed by atoms with Gasteiger partial charge in [0.1, 0.15) is 0 Å². The average Bonchev–Trinajstić information content (AvgIpc) is 2.32. The fourth-order valence-electron chi connectivity index (χ4n) is 1.11. The predicted molar refractivity (Wildman–Crippen MR) is 34.9 cm³/mol. The summed E-state index contributed by atoms with van der Waals surface area (Å²) in [5.74, 6) is 0. The highest BCUT2D eigenvalue weighted by molar-refractivity contribution is 5.05. The highest BCUT2D eigenvalue weighted by Gasteiger charge is 2.33. The number of nitrogens with zero attached hydrogens (tertiary/aromatic N) is 2. The molecule has 6 heteroatoms. The number of allylic oxidation sites excluding steroid dienone is 2. The first-order valence-electron chi connectivity index (χ1n) is 3.13. The molecule has 11 heavy (non-hydrogen) atoms. The van der Waals surface area contributed by atoms with Crippen molar-refractivity contribution in [3.63, 3.8) is 0 Å². The van der Waals surface area contributed by atoms with Crippen molar-refractivity contribution < 1.29 is 9.85 Å². The minimum atomic E-state index is -0.662. The first-order valence-corrected chi connectivity index (χ1v) is 3.13. The standard InChI is InChI=1S/C5H6N2O4/c8-6(9)4-2-1-3-5(4)7(10)11/h1-3H2. The molecule has 0 bridgehead atoms. The van der Waals surface area contributed by atoms with E-state index in [1.165, 1.54) is 0 Å². The van der Waals surface area contributed by atoms with Gasteiger partial charge in [0.05, 0.1) is 9.85 Å². The Hall–Kier alpha value is -1.46. The summed E-state index contributed by atoms with van der Waals surface area (Å²) in [6.07, 6.45) is 0.971. The lowest BCUT2D eigenvalue weighted by atomic mass is 10.3. The van der Waals surface area contributed by atoms with Crippen LogP contribution in [0.15, 0.2) is 11.4 Å². The minimum Gasteiger partial charge on any atom is -0.258 e. The minimum absolute atomic E-state index is 0.226. The molecule has 0 saturated carbocycles. The molecule has 6 nitrogen and oxygen atoms in total. The third kappa shape index (κ3) is 1.34. The molecular formula is C5H6N2O4. The summed E-state index contributed by atoms with van der Waals surface area (Å²) in [5.41, 5.74) is -0.454. The van der Waals surface area contributed by atoms with E-state index < -0.39 is 9.85 Å². The molecule has 0 aliphatic heterocycles. The largest absolute Gasteiger partial charge is 0.318 e. The van der Waals surface area contributed by atoms with E-state index in [0.29, 0.717) is 6.42 Å². The van der Waals surface area contributed by atoms with Gasteiger partial charge in [-0.05, 0) is 6.42 Å². The van der Waals surface area contributed by atoms with E-state index in [9.17, 15) is 20.2 Å². The van der Waals surface area contributed by atoms with Crippen LogP contribution in [-0.2, 0) is 0 Å². The van der Waals surface area contributed by atoms with E-state index in [2.05, 4.69) is 0 Å². The molecule has 0 atom stereocenters. The molecule has 0 spiro atoms. The average molecular weight is 158 g/mol. The van der Waals surface area contributed by atoms with Crippen molar-refractivity contribution >= 4 is 0 Å². The molecule has 1 rings (SSSR count). The molecule has 0 radical (unpaired) electrons. The molecule has 0 fully saturated rings. The van der Waals surface area contributed by atoms with Crippen LogP contribution in [0.25, 0.3) is 0 Å². The Balaban J connectivity index is 2.95. The van der Waals surface area contributed by atoms with E-state index in [0.717, 1.165) is 0 Å². The van der Waals surface area contributed by atoms with E-state index >= 15 is 0 Å². The third-order valence-electron chi connectivity index (χ3n) is 1.60. The van der Waals surface area contributed by atoms with Crippen molar-refractivity contribution in [3.8, 4) is 0 Å². The lowest BCUT2D eigenvalue weighted by Crippen LogP contribution is -2.04. The Bertz CT molecular complexity index is 221. The lowest BCUT2D eigenvalue weighted by molar-refractivity contribution is -0.470. The Morgan fingerprint density at radius 1 is 1.00 bits per heavy atom. The quantitative estimate of drug-likeness (QED) is 0.442. The molecule has 0 aromatic heterocycles. The van der Waals surface area contributed by atoms with Crippen LogP contribution in [0.2, 0.25) is 0 Å². The molecule has 1 aliphatic rings. The second kappa shape index (κ2) is 2.65. The summed E-state index contributed by atoms with van der Waals surface area (Å²) in [7, 11) is 0. The summed E-state index contributed by atoms with van der Waals surface area (Å²) in [5, 5.41) is 20.3. The van der Waals surface area contributed by atoms with Crippen LogP contribution in [0.4, 0.5) is 0 Å². The van der Waals surface area contributed by atoms with Crippen LogP contribution in [0, 0.1) is 20.2 Å². The maximum absolute atomic E-state index is 10.2. The molecule has 0 unspecified atom stereocenters. The smallest absolute Gasteiger partial charge is 0.258 e. The van der Waals surface area contributed by atoms with Gasteiger partial charge in [0, 0.05) is 12.8 Å². The van der Waals surface area contributed by atoms with Gasteiger partial charge in [0.2, 0.25) is 0 Å². The maximum Gasteiger partial charge on any atom is 0.318 e. The molecule has 60 valence electrons. The Morgan fingerprint density at radius 2 is 1.36 bits per heavy atom. The van der Waals surface area contributed by atoms with Gasteiger partial charge >= 0.3 is 11.4 Å². The number of hydrogen-bond donors (Lipinski definition) is 0. The molecule has 1 aliphatic carbocycles. The summed E-state index contributed by atoms with van der Waals surface area (Å²) in [6.45, 7) is 0. The van der Waals surface area contributed by atoms with Gasteiger partial charge in [-0.25, -0.2) is 0 Å². The summed E-state index contributed by atoms with van der Waals surface area (Å²) in [6, 6.07) is 0. The van der Waals surface area contributed by atoms with Gasteiger partial charge in [0.15, 0.2) is 0 Å². The Labute approximate surface area is 61.8 Å². The van der Waals surface area contributed by atoms with E-state index in [1.807, 2.05) is 0 Å². The number of hydrogen-bond acceptors (Lipinski definition) is 4. The van der Waals surface area contributed by atoms with Gasteiger partial charge in [-0.3, -0.25) is 20.2 Å². The zero-order chi connectivity index (χ0) is 8.43. The van der Waals surface area contributed by atoms with Crippen LogP contribution in [0.3, 0.4) is 0 Å². The van der Waals surface area contributed by atoms with Crippen molar-refractivity contribution in [2.45, 2.75) is 19.3 Å². The zero-order valence-electron chi connectivity index (χ0n) is 5.65. The van der Waals surface area contributed by atoms with E-state index in [1.54, 1.807) is 0 Å². The Kier molecular flexibility index (Phi) is 1.84.